The number of anilines is 1. The summed E-state index contributed by atoms with van der Waals surface area (Å²) in [5, 5.41) is 9.01. The molecule has 8 heteroatoms. The molecule has 1 aliphatic rings. The number of nitrogens with zero attached hydrogens (tertiary/aromatic N) is 1. The van der Waals surface area contributed by atoms with Crippen molar-refractivity contribution in [1.29, 1.82) is 0 Å². The maximum absolute atomic E-state index is 13.1. The number of ether oxygens (including phenoxy) is 2. The Morgan fingerprint density at radius 1 is 1.34 bits per heavy atom. The molecule has 1 aliphatic heterocycles. The van der Waals surface area contributed by atoms with Gasteiger partial charge in [-0.2, -0.15) is 0 Å². The molecule has 1 heterocycles. The Balaban J connectivity index is 2.29. The molecule has 8 nitrogen and oxygen atoms in total. The number of methoxy groups -OCH3 is 1. The van der Waals surface area contributed by atoms with Crippen molar-refractivity contribution in [3.63, 3.8) is 0 Å². The highest BCUT2D eigenvalue weighted by atomic mass is 16.5. The van der Waals surface area contributed by atoms with Crippen LogP contribution in [0.5, 0.6) is 5.75 Å². The van der Waals surface area contributed by atoms with Crippen molar-refractivity contribution in [2.45, 2.75) is 45.9 Å². The van der Waals surface area contributed by atoms with Crippen LogP contribution in [-0.4, -0.2) is 68.9 Å². The first-order chi connectivity index (χ1) is 13.7. The molecule has 1 aromatic rings. The van der Waals surface area contributed by atoms with E-state index in [-0.39, 0.29) is 36.0 Å². The van der Waals surface area contributed by atoms with Gasteiger partial charge in [-0.15, -0.1) is 0 Å². The molecular formula is C21H34N4O4. The molecule has 0 bridgehead atoms. The number of hydrogen-bond donors (Lipinski definition) is 3. The monoisotopic (exact) mass is 406 g/mol. The lowest BCUT2D eigenvalue weighted by Gasteiger charge is -2.30. The highest BCUT2D eigenvalue weighted by Gasteiger charge is 2.25. The van der Waals surface area contributed by atoms with Gasteiger partial charge in [0, 0.05) is 51.1 Å². The van der Waals surface area contributed by atoms with Gasteiger partial charge in [-0.3, -0.25) is 4.79 Å². The molecule has 0 fully saturated rings. The fourth-order valence-corrected chi connectivity index (χ4v) is 3.16. The Morgan fingerprint density at radius 2 is 2.07 bits per heavy atom. The molecule has 0 aliphatic carbocycles. The number of amides is 3. The van der Waals surface area contributed by atoms with Crippen LogP contribution in [0.2, 0.25) is 0 Å². The number of carbonyl (C=O) groups is 2. The minimum absolute atomic E-state index is 0.0220. The van der Waals surface area contributed by atoms with Gasteiger partial charge in [0.15, 0.2) is 0 Å². The number of likely N-dealkylation sites (N-methyl/N-ethyl adjacent to an activating group) is 1. The van der Waals surface area contributed by atoms with Gasteiger partial charge in [0.05, 0.1) is 11.7 Å². The van der Waals surface area contributed by atoms with Crippen LogP contribution < -0.4 is 20.7 Å². The van der Waals surface area contributed by atoms with E-state index in [1.807, 2.05) is 20.8 Å². The highest BCUT2D eigenvalue weighted by Crippen LogP contribution is 2.26. The summed E-state index contributed by atoms with van der Waals surface area (Å²) in [4.78, 5) is 26.7. The lowest BCUT2D eigenvalue weighted by atomic mass is 10.0. The fourth-order valence-electron chi connectivity index (χ4n) is 3.16. The summed E-state index contributed by atoms with van der Waals surface area (Å²) in [6.07, 6.45) is -0.0758. The molecule has 2 rings (SSSR count). The molecule has 1 aromatic carbocycles. The smallest absolute Gasteiger partial charge is 0.319 e. The van der Waals surface area contributed by atoms with Crippen LogP contribution in [0.4, 0.5) is 10.5 Å². The molecule has 0 saturated heterocycles. The average Bonchev–Trinajstić information content (AvgIpc) is 2.66. The van der Waals surface area contributed by atoms with E-state index >= 15 is 0 Å². The van der Waals surface area contributed by atoms with Crippen molar-refractivity contribution in [2.75, 3.05) is 39.2 Å². The van der Waals surface area contributed by atoms with Gasteiger partial charge in [-0.05, 0) is 38.8 Å². The zero-order valence-corrected chi connectivity index (χ0v) is 18.2. The van der Waals surface area contributed by atoms with Crippen LogP contribution in [0.25, 0.3) is 0 Å². The molecule has 162 valence electrons. The lowest BCUT2D eigenvalue weighted by Crippen LogP contribution is -2.44. The highest BCUT2D eigenvalue weighted by molar-refractivity contribution is 5.98. The number of fused-ring (bicyclic) bond motifs is 1. The number of rotatable bonds is 3. The van der Waals surface area contributed by atoms with E-state index in [1.54, 1.807) is 37.3 Å². The Morgan fingerprint density at radius 3 is 2.72 bits per heavy atom. The van der Waals surface area contributed by atoms with Gasteiger partial charge in [0.2, 0.25) is 0 Å². The zero-order valence-electron chi connectivity index (χ0n) is 18.2. The normalized spacial score (nSPS) is 23.5. The first-order valence-corrected chi connectivity index (χ1v) is 10.1. The number of carbonyl (C=O) groups excluding carboxylic acids is 2. The third-order valence-corrected chi connectivity index (χ3v) is 4.90. The topological polar surface area (TPSA) is 91.9 Å². The molecule has 3 N–H and O–H groups in total. The predicted molar refractivity (Wildman–Crippen MR) is 114 cm³/mol. The second-order valence-electron chi connectivity index (χ2n) is 8.02. The van der Waals surface area contributed by atoms with E-state index < -0.39 is 0 Å². The van der Waals surface area contributed by atoms with Gasteiger partial charge in [-0.25, -0.2) is 4.79 Å². The van der Waals surface area contributed by atoms with Gasteiger partial charge in [-0.1, -0.05) is 6.92 Å². The third kappa shape index (κ3) is 6.61. The molecular weight excluding hydrogens is 372 g/mol. The number of urea groups is 1. The molecule has 0 unspecified atom stereocenters. The minimum Gasteiger partial charge on any atom is -0.491 e. The third-order valence-electron chi connectivity index (χ3n) is 4.90. The molecule has 3 amide bonds. The molecule has 0 radical (unpaired) electrons. The summed E-state index contributed by atoms with van der Waals surface area (Å²) in [6.45, 7) is 9.54. The first kappa shape index (κ1) is 23.0. The van der Waals surface area contributed by atoms with E-state index in [2.05, 4.69) is 22.9 Å². The summed E-state index contributed by atoms with van der Waals surface area (Å²) >= 11 is 0. The van der Waals surface area contributed by atoms with Gasteiger partial charge < -0.3 is 30.3 Å². The summed E-state index contributed by atoms with van der Waals surface area (Å²) in [7, 11) is 3.43. The van der Waals surface area contributed by atoms with Crippen LogP contribution >= 0.6 is 0 Å². The van der Waals surface area contributed by atoms with Crippen LogP contribution in [0.1, 0.15) is 38.1 Å². The fraction of sp³-hybridized carbons (Fsp3) is 0.619. The van der Waals surface area contributed by atoms with Crippen molar-refractivity contribution in [2.24, 2.45) is 5.92 Å². The minimum atomic E-state index is -0.302. The van der Waals surface area contributed by atoms with E-state index in [1.165, 1.54) is 0 Å². The second-order valence-corrected chi connectivity index (χ2v) is 8.02. The SMILES string of the molecule is CO[C@@H]1CN(C)C(=O)c2ccc(NC(=O)NC(C)C)cc2OC[C@H](C)NC[C@H]1C. The molecule has 0 aromatic heterocycles. The summed E-state index contributed by atoms with van der Waals surface area (Å²) in [6, 6.07) is 4.90. The van der Waals surface area contributed by atoms with E-state index in [9.17, 15) is 9.59 Å². The molecule has 3 atom stereocenters. The van der Waals surface area contributed by atoms with Gasteiger partial charge in [0.1, 0.15) is 12.4 Å². The molecule has 0 spiro atoms. The average molecular weight is 407 g/mol. The van der Waals surface area contributed by atoms with Crippen molar-refractivity contribution < 1.29 is 19.1 Å². The number of nitrogens with one attached hydrogen (secondary N) is 3. The van der Waals surface area contributed by atoms with Crippen molar-refractivity contribution in [1.82, 2.24) is 15.5 Å². The first-order valence-electron chi connectivity index (χ1n) is 10.1. The van der Waals surface area contributed by atoms with Gasteiger partial charge >= 0.3 is 6.03 Å². The quantitative estimate of drug-likeness (QED) is 0.716. The van der Waals surface area contributed by atoms with Crippen molar-refractivity contribution in [3.05, 3.63) is 23.8 Å². The van der Waals surface area contributed by atoms with Crippen LogP contribution in [0.15, 0.2) is 18.2 Å². The van der Waals surface area contributed by atoms with E-state index in [0.717, 1.165) is 6.54 Å². The largest absolute Gasteiger partial charge is 0.491 e. The van der Waals surface area contributed by atoms with Crippen LogP contribution in [-0.2, 0) is 4.74 Å². The molecule has 29 heavy (non-hydrogen) atoms. The maximum Gasteiger partial charge on any atom is 0.319 e. The summed E-state index contributed by atoms with van der Waals surface area (Å²) < 4.78 is 11.6. The second kappa shape index (κ2) is 10.5. The maximum atomic E-state index is 13.1. The standard InChI is InChI=1S/C21H34N4O4/c1-13(2)23-21(27)24-16-7-8-17-18(9-16)29-12-15(4)22-10-14(3)19(28-6)11-25(5)20(17)26/h7-9,13-15,19,22H,10-12H2,1-6H3,(H2,23,24,27)/t14-,15+,19-/m1/s1. The van der Waals surface area contributed by atoms with Crippen LogP contribution in [0.3, 0.4) is 0 Å². The zero-order chi connectivity index (χ0) is 21.6. The van der Waals surface area contributed by atoms with Crippen LogP contribution in [0, 0.1) is 5.92 Å². The van der Waals surface area contributed by atoms with E-state index in [0.29, 0.717) is 30.2 Å². The Kier molecular flexibility index (Phi) is 8.28. The Hall–Kier alpha value is -2.32. The van der Waals surface area contributed by atoms with Crippen molar-refractivity contribution in [3.8, 4) is 5.75 Å². The Labute approximate surface area is 173 Å². The Bertz CT molecular complexity index is 710. The number of benzene rings is 1. The summed E-state index contributed by atoms with van der Waals surface area (Å²) in [5.74, 6) is 0.539. The number of hydrogen-bond acceptors (Lipinski definition) is 5. The summed E-state index contributed by atoms with van der Waals surface area (Å²) in [5.41, 5.74) is 1.02. The van der Waals surface area contributed by atoms with E-state index in [4.69, 9.17) is 9.47 Å². The van der Waals surface area contributed by atoms with Crippen molar-refractivity contribution >= 4 is 17.6 Å². The molecule has 0 saturated carbocycles. The lowest BCUT2D eigenvalue weighted by molar-refractivity contribution is 0.0281. The van der Waals surface area contributed by atoms with Gasteiger partial charge in [0.25, 0.3) is 5.91 Å². The predicted octanol–water partition coefficient (Wildman–Crippen LogP) is 2.31.